The van der Waals surface area contributed by atoms with Crippen LogP contribution in [0.1, 0.15) is 12.8 Å². The van der Waals surface area contributed by atoms with Crippen molar-refractivity contribution in [1.29, 1.82) is 0 Å². The predicted octanol–water partition coefficient (Wildman–Crippen LogP) is 0.760. The maximum atomic E-state index is 12.4. The average Bonchev–Trinajstić information content (AvgIpc) is 2.97. The third-order valence-electron chi connectivity index (χ3n) is 4.22. The SMILES string of the molecule is O=C(O)CCCN1C(=O)[C@@H]2[C@H]3O[C@@H]([C@H](Br)[C@H]3Br)[C@@H]2C1=O. The standard InChI is InChI=1S/C12H13Br2NO5/c13-7-8(14)10-6-5(9(7)20-10)11(18)15(12(6)19)3-1-2-4(16)17/h5-10H,1-3H2,(H,16,17)/t5-,6+,7-,8-,9-,10-/m1/s1. The minimum absolute atomic E-state index is 0.0180. The Morgan fingerprint density at radius 1 is 1.15 bits per heavy atom. The summed E-state index contributed by atoms with van der Waals surface area (Å²) in [6.07, 6.45) is -0.318. The molecule has 3 heterocycles. The number of halogens is 2. The summed E-state index contributed by atoms with van der Waals surface area (Å²) in [7, 11) is 0. The maximum absolute atomic E-state index is 12.4. The Morgan fingerprint density at radius 2 is 1.65 bits per heavy atom. The number of fused-ring (bicyclic) bond motifs is 5. The molecule has 8 heteroatoms. The first-order valence-electron chi connectivity index (χ1n) is 6.44. The molecule has 0 unspecified atom stereocenters. The summed E-state index contributed by atoms with van der Waals surface area (Å²) in [5.41, 5.74) is 0. The fraction of sp³-hybridized carbons (Fsp3) is 0.750. The molecule has 0 aliphatic carbocycles. The van der Waals surface area contributed by atoms with E-state index in [2.05, 4.69) is 31.9 Å². The lowest BCUT2D eigenvalue weighted by molar-refractivity contribution is -0.144. The van der Waals surface area contributed by atoms with E-state index in [1.165, 1.54) is 4.90 Å². The van der Waals surface area contributed by atoms with Crippen molar-refractivity contribution >= 4 is 49.6 Å². The van der Waals surface area contributed by atoms with E-state index in [0.29, 0.717) is 0 Å². The third-order valence-corrected chi connectivity index (χ3v) is 7.11. The molecule has 3 saturated heterocycles. The summed E-state index contributed by atoms with van der Waals surface area (Å²) < 4.78 is 5.74. The summed E-state index contributed by atoms with van der Waals surface area (Å²) in [5.74, 6) is -2.21. The minimum atomic E-state index is -0.922. The normalized spacial score (nSPS) is 42.4. The zero-order chi connectivity index (χ0) is 14.6. The van der Waals surface area contributed by atoms with Gasteiger partial charge in [-0.3, -0.25) is 19.3 Å². The molecule has 1 N–H and O–H groups in total. The van der Waals surface area contributed by atoms with Crippen molar-refractivity contribution < 1.29 is 24.2 Å². The highest BCUT2D eigenvalue weighted by Crippen LogP contribution is 2.52. The zero-order valence-electron chi connectivity index (χ0n) is 10.4. The first-order chi connectivity index (χ1) is 9.43. The summed E-state index contributed by atoms with van der Waals surface area (Å²) >= 11 is 7.01. The van der Waals surface area contributed by atoms with Crippen LogP contribution in [-0.4, -0.2) is 56.2 Å². The number of ether oxygens (including phenoxy) is 1. The molecule has 6 atom stereocenters. The molecule has 110 valence electrons. The fourth-order valence-electron chi connectivity index (χ4n) is 3.33. The van der Waals surface area contributed by atoms with Gasteiger partial charge in [-0.15, -0.1) is 0 Å². The van der Waals surface area contributed by atoms with Crippen molar-refractivity contribution in [2.75, 3.05) is 6.54 Å². The Morgan fingerprint density at radius 3 is 2.10 bits per heavy atom. The second-order valence-corrected chi connectivity index (χ2v) is 7.45. The summed E-state index contributed by atoms with van der Waals surface area (Å²) in [5, 5.41) is 8.62. The van der Waals surface area contributed by atoms with Gasteiger partial charge in [-0.25, -0.2) is 0 Å². The number of alkyl halides is 2. The second-order valence-electron chi connectivity index (χ2n) is 5.33. The average molecular weight is 411 g/mol. The van der Waals surface area contributed by atoms with E-state index < -0.39 is 17.8 Å². The second kappa shape index (κ2) is 5.06. The number of amides is 2. The highest BCUT2D eigenvalue weighted by atomic mass is 79.9. The van der Waals surface area contributed by atoms with Gasteiger partial charge >= 0.3 is 5.97 Å². The topological polar surface area (TPSA) is 83.9 Å². The van der Waals surface area contributed by atoms with Crippen LogP contribution in [0, 0.1) is 11.8 Å². The fourth-order valence-corrected chi connectivity index (χ4v) is 4.84. The number of carbonyl (C=O) groups is 3. The molecule has 3 aliphatic rings. The van der Waals surface area contributed by atoms with E-state index in [0.717, 1.165) is 0 Å². The molecule has 0 aromatic rings. The Bertz CT molecular complexity index is 452. The number of hydrogen-bond donors (Lipinski definition) is 1. The van der Waals surface area contributed by atoms with Crippen LogP contribution in [0.4, 0.5) is 0 Å². The molecule has 20 heavy (non-hydrogen) atoms. The largest absolute Gasteiger partial charge is 0.481 e. The number of carboxylic acid groups (broad SMARTS) is 1. The molecular formula is C12H13Br2NO5. The van der Waals surface area contributed by atoms with Crippen LogP contribution in [0.3, 0.4) is 0 Å². The van der Waals surface area contributed by atoms with Gasteiger partial charge in [-0.2, -0.15) is 0 Å². The van der Waals surface area contributed by atoms with Crippen molar-refractivity contribution in [3.63, 3.8) is 0 Å². The van der Waals surface area contributed by atoms with E-state index in [-0.39, 0.29) is 53.1 Å². The molecule has 3 rings (SSSR count). The molecule has 0 radical (unpaired) electrons. The number of likely N-dealkylation sites (tertiary alicyclic amines) is 1. The lowest BCUT2D eigenvalue weighted by atomic mass is 9.81. The van der Waals surface area contributed by atoms with Gasteiger partial charge in [-0.05, 0) is 6.42 Å². The number of hydrogen-bond acceptors (Lipinski definition) is 4. The molecule has 2 amide bonds. The van der Waals surface area contributed by atoms with Crippen molar-refractivity contribution in [2.45, 2.75) is 34.7 Å². The number of rotatable bonds is 4. The third kappa shape index (κ3) is 1.95. The molecule has 3 aliphatic heterocycles. The quantitative estimate of drug-likeness (QED) is 0.546. The van der Waals surface area contributed by atoms with Crippen LogP contribution >= 0.6 is 31.9 Å². The van der Waals surface area contributed by atoms with Crippen molar-refractivity contribution in [1.82, 2.24) is 4.90 Å². The Hall–Kier alpha value is -0.470. The summed E-state index contributed by atoms with van der Waals surface area (Å²) in [4.78, 5) is 36.5. The number of carboxylic acids is 1. The molecule has 0 spiro atoms. The van der Waals surface area contributed by atoms with Gasteiger partial charge in [0.1, 0.15) is 0 Å². The van der Waals surface area contributed by atoms with Gasteiger partial charge in [0.15, 0.2) is 0 Å². The van der Waals surface area contributed by atoms with Crippen LogP contribution in [0.25, 0.3) is 0 Å². The number of nitrogens with zero attached hydrogens (tertiary/aromatic N) is 1. The van der Waals surface area contributed by atoms with E-state index in [4.69, 9.17) is 9.84 Å². The van der Waals surface area contributed by atoms with Crippen LogP contribution < -0.4 is 0 Å². The van der Waals surface area contributed by atoms with Crippen LogP contribution in [0.5, 0.6) is 0 Å². The van der Waals surface area contributed by atoms with Gasteiger partial charge in [0, 0.05) is 13.0 Å². The molecule has 0 aromatic heterocycles. The van der Waals surface area contributed by atoms with Gasteiger partial charge in [0.2, 0.25) is 11.8 Å². The van der Waals surface area contributed by atoms with Crippen molar-refractivity contribution in [2.24, 2.45) is 11.8 Å². The summed E-state index contributed by atoms with van der Waals surface area (Å²) in [6.45, 7) is 0.177. The molecule has 0 aromatic carbocycles. The van der Waals surface area contributed by atoms with E-state index in [1.807, 2.05) is 0 Å². The molecular weight excluding hydrogens is 398 g/mol. The minimum Gasteiger partial charge on any atom is -0.481 e. The van der Waals surface area contributed by atoms with Gasteiger partial charge < -0.3 is 9.84 Å². The predicted molar refractivity (Wildman–Crippen MR) is 74.7 cm³/mol. The Balaban J connectivity index is 1.74. The molecule has 6 nitrogen and oxygen atoms in total. The summed E-state index contributed by atoms with van der Waals surface area (Å²) in [6, 6.07) is 0. The van der Waals surface area contributed by atoms with E-state index in [9.17, 15) is 14.4 Å². The number of carbonyl (C=O) groups excluding carboxylic acids is 2. The smallest absolute Gasteiger partial charge is 0.303 e. The van der Waals surface area contributed by atoms with Crippen molar-refractivity contribution in [3.05, 3.63) is 0 Å². The highest BCUT2D eigenvalue weighted by Gasteiger charge is 2.67. The van der Waals surface area contributed by atoms with E-state index in [1.54, 1.807) is 0 Å². The van der Waals surface area contributed by atoms with Crippen molar-refractivity contribution in [3.8, 4) is 0 Å². The lowest BCUT2D eigenvalue weighted by Crippen LogP contribution is -2.42. The first kappa shape index (κ1) is 14.5. The van der Waals surface area contributed by atoms with Gasteiger partial charge in [-0.1, -0.05) is 31.9 Å². The van der Waals surface area contributed by atoms with E-state index >= 15 is 0 Å². The van der Waals surface area contributed by atoms with Gasteiger partial charge in [0.05, 0.1) is 33.7 Å². The Labute approximate surface area is 132 Å². The van der Waals surface area contributed by atoms with Crippen LogP contribution in [0.2, 0.25) is 0 Å². The first-order valence-corrected chi connectivity index (χ1v) is 8.27. The molecule has 2 bridgehead atoms. The number of aliphatic carboxylic acids is 1. The highest BCUT2D eigenvalue weighted by molar-refractivity contribution is 9.12. The lowest BCUT2D eigenvalue weighted by Gasteiger charge is -2.24. The van der Waals surface area contributed by atoms with Crippen LogP contribution in [0.15, 0.2) is 0 Å². The van der Waals surface area contributed by atoms with Crippen LogP contribution in [-0.2, 0) is 19.1 Å². The van der Waals surface area contributed by atoms with Gasteiger partial charge in [0.25, 0.3) is 0 Å². The number of imide groups is 1. The maximum Gasteiger partial charge on any atom is 0.303 e. The Kier molecular flexibility index (Phi) is 3.66. The molecule has 3 fully saturated rings. The monoisotopic (exact) mass is 409 g/mol. The molecule has 0 saturated carbocycles. The zero-order valence-corrected chi connectivity index (χ0v) is 13.5.